The number of ether oxygens (including phenoxy) is 3. The van der Waals surface area contributed by atoms with E-state index < -0.39 is 6.10 Å². The maximum atomic E-state index is 12.8. The van der Waals surface area contributed by atoms with Crippen LogP contribution < -0.4 is 0 Å². The number of hydrogen-bond acceptors (Lipinski definition) is 5. The van der Waals surface area contributed by atoms with Crippen LogP contribution in [0.3, 0.4) is 0 Å². The Bertz CT molecular complexity index is 1350. The molecule has 0 radical (unpaired) electrons. The first-order valence-corrected chi connectivity index (χ1v) is 27.1. The molecule has 0 spiro atoms. The summed E-state index contributed by atoms with van der Waals surface area (Å²) in [6.45, 7) is 7.45. The van der Waals surface area contributed by atoms with E-state index in [1.807, 2.05) is 6.08 Å². The van der Waals surface area contributed by atoms with Gasteiger partial charge in [-0.25, -0.2) is 0 Å². The molecule has 0 aromatic rings. The molecule has 0 heterocycles. The first-order chi connectivity index (χ1) is 32.6. The Morgan fingerprint density at radius 1 is 0.348 bits per heavy atom. The smallest absolute Gasteiger partial charge is 0.306 e. The summed E-state index contributed by atoms with van der Waals surface area (Å²) in [5.41, 5.74) is 0. The quantitative estimate of drug-likeness (QED) is 0.0346. The van der Waals surface area contributed by atoms with Gasteiger partial charge < -0.3 is 14.2 Å². The van der Waals surface area contributed by atoms with Gasteiger partial charge in [-0.3, -0.25) is 9.59 Å². The van der Waals surface area contributed by atoms with Gasteiger partial charge in [-0.05, 0) is 116 Å². The van der Waals surface area contributed by atoms with Gasteiger partial charge in [0.15, 0.2) is 6.10 Å². The highest BCUT2D eigenvalue weighted by Gasteiger charge is 2.17. The van der Waals surface area contributed by atoms with E-state index in [1.165, 1.54) is 77.0 Å². The van der Waals surface area contributed by atoms with Crippen LogP contribution in [0.15, 0.2) is 122 Å². The number of rotatable bonds is 48. The van der Waals surface area contributed by atoms with Crippen molar-refractivity contribution in [1.29, 1.82) is 0 Å². The SMILES string of the molecule is CC/C=C\C/C=C\C/C=C\C/C=C\C/C=C\CCCCCCOCC(COC(=O)CCCCCCCCC/C=C\CCCCCCCC)OC(=O)CC/C=C\C/C=C\C/C=C\C/C=C\CC. The molecule has 0 saturated carbocycles. The van der Waals surface area contributed by atoms with Crippen LogP contribution >= 0.6 is 0 Å². The second-order valence-electron chi connectivity index (χ2n) is 17.4. The minimum absolute atomic E-state index is 0.0369. The monoisotopic (exact) mass is 913 g/mol. The third-order valence-electron chi connectivity index (χ3n) is 11.0. The number of hydrogen-bond donors (Lipinski definition) is 0. The van der Waals surface area contributed by atoms with Crippen LogP contribution in [-0.4, -0.2) is 37.9 Å². The lowest BCUT2D eigenvalue weighted by Gasteiger charge is -2.18. The van der Waals surface area contributed by atoms with Gasteiger partial charge >= 0.3 is 11.9 Å². The van der Waals surface area contributed by atoms with Gasteiger partial charge in [-0.1, -0.05) is 219 Å². The molecule has 0 amide bonds. The predicted octanol–water partition coefficient (Wildman–Crippen LogP) is 18.6. The number of esters is 2. The molecule has 1 unspecified atom stereocenters. The summed E-state index contributed by atoms with van der Waals surface area (Å²) in [5.74, 6) is -0.516. The molecule has 5 nitrogen and oxygen atoms in total. The number of unbranched alkanes of at least 4 members (excludes halogenated alkanes) is 17. The maximum Gasteiger partial charge on any atom is 0.306 e. The van der Waals surface area contributed by atoms with E-state index in [1.54, 1.807) is 0 Å². The highest BCUT2D eigenvalue weighted by atomic mass is 16.6. The average molecular weight is 913 g/mol. The Balaban J connectivity index is 4.40. The normalized spacial score (nSPS) is 13.2. The molecule has 0 rings (SSSR count). The van der Waals surface area contributed by atoms with Gasteiger partial charge in [-0.2, -0.15) is 0 Å². The van der Waals surface area contributed by atoms with Crippen molar-refractivity contribution in [2.45, 2.75) is 232 Å². The second-order valence-corrected chi connectivity index (χ2v) is 17.4. The van der Waals surface area contributed by atoms with Crippen molar-refractivity contribution in [3.8, 4) is 0 Å². The van der Waals surface area contributed by atoms with Crippen molar-refractivity contribution in [3.63, 3.8) is 0 Å². The number of carbonyl (C=O) groups is 2. The molecule has 0 aliphatic rings. The van der Waals surface area contributed by atoms with Crippen molar-refractivity contribution in [3.05, 3.63) is 122 Å². The molecule has 0 aliphatic heterocycles. The molecule has 0 N–H and O–H groups in total. The van der Waals surface area contributed by atoms with Gasteiger partial charge in [0.1, 0.15) is 6.61 Å². The Morgan fingerprint density at radius 3 is 1.17 bits per heavy atom. The van der Waals surface area contributed by atoms with Crippen LogP contribution in [0.25, 0.3) is 0 Å². The van der Waals surface area contributed by atoms with Crippen molar-refractivity contribution in [2.75, 3.05) is 19.8 Å². The first-order valence-electron chi connectivity index (χ1n) is 27.1. The molecule has 0 saturated heterocycles. The van der Waals surface area contributed by atoms with Gasteiger partial charge in [-0.15, -0.1) is 0 Å². The summed E-state index contributed by atoms with van der Waals surface area (Å²) >= 11 is 0. The van der Waals surface area contributed by atoms with E-state index in [0.717, 1.165) is 109 Å². The van der Waals surface area contributed by atoms with Crippen LogP contribution in [0.4, 0.5) is 0 Å². The van der Waals surface area contributed by atoms with Gasteiger partial charge in [0, 0.05) is 19.4 Å². The van der Waals surface area contributed by atoms with Crippen molar-refractivity contribution >= 4 is 11.9 Å². The Morgan fingerprint density at radius 2 is 0.712 bits per heavy atom. The summed E-state index contributed by atoms with van der Waals surface area (Å²) in [6, 6.07) is 0. The molecule has 0 aromatic heterocycles. The maximum absolute atomic E-state index is 12.8. The minimum atomic E-state index is -0.598. The number of allylic oxidation sites excluding steroid dienone is 20. The third kappa shape index (κ3) is 52.9. The summed E-state index contributed by atoms with van der Waals surface area (Å²) < 4.78 is 17.3. The highest BCUT2D eigenvalue weighted by molar-refractivity contribution is 5.70. The van der Waals surface area contributed by atoms with E-state index >= 15 is 0 Å². The Hall–Kier alpha value is -3.70. The van der Waals surface area contributed by atoms with Crippen LogP contribution in [0.1, 0.15) is 226 Å². The molecular weight excluding hydrogens is 813 g/mol. The summed E-state index contributed by atoms with van der Waals surface area (Å²) in [6.07, 6.45) is 78.0. The zero-order valence-corrected chi connectivity index (χ0v) is 42.9. The second kappa shape index (κ2) is 55.6. The summed E-state index contributed by atoms with van der Waals surface area (Å²) in [4.78, 5) is 25.4. The highest BCUT2D eigenvalue weighted by Crippen LogP contribution is 2.13. The zero-order valence-electron chi connectivity index (χ0n) is 42.9. The van der Waals surface area contributed by atoms with Crippen LogP contribution in [0, 0.1) is 0 Å². The first kappa shape index (κ1) is 62.3. The van der Waals surface area contributed by atoms with Crippen molar-refractivity contribution in [2.24, 2.45) is 0 Å². The fourth-order valence-electron chi connectivity index (χ4n) is 7.01. The largest absolute Gasteiger partial charge is 0.462 e. The molecule has 0 fully saturated rings. The van der Waals surface area contributed by atoms with E-state index in [2.05, 4.69) is 136 Å². The minimum Gasteiger partial charge on any atom is -0.462 e. The van der Waals surface area contributed by atoms with Crippen LogP contribution in [0.2, 0.25) is 0 Å². The van der Waals surface area contributed by atoms with Gasteiger partial charge in [0.2, 0.25) is 0 Å². The topological polar surface area (TPSA) is 61.8 Å². The van der Waals surface area contributed by atoms with Crippen molar-refractivity contribution < 1.29 is 23.8 Å². The fraction of sp³-hybridized carbons (Fsp3) is 0.639. The molecule has 66 heavy (non-hydrogen) atoms. The standard InChI is InChI=1S/C61H100O5/c1-4-7-10-13-16-19-22-25-27-29-30-31-33-35-38-41-44-47-50-53-56-64-57-59(66-61(63)55-52-49-46-43-40-36-24-21-18-15-12-9-6-3)58-65-60(62)54-51-48-45-42-39-37-34-32-28-26-23-20-17-14-11-8-5-2/h7,9-10,12,16,18-19,21,25-28,30-31,35-36,38,40,46,49,59H,4-6,8,11,13-15,17,20,22-24,29,32-34,37,39,41-45,47-48,50-58H2,1-3H3/b10-7-,12-9-,19-16-,21-18-,27-25-,28-26-,31-30-,38-35-,40-36-,49-46-. The lowest BCUT2D eigenvalue weighted by molar-refractivity contribution is -0.162. The summed E-state index contributed by atoms with van der Waals surface area (Å²) in [5, 5.41) is 0. The lowest BCUT2D eigenvalue weighted by atomic mass is 10.1. The molecule has 374 valence electrons. The van der Waals surface area contributed by atoms with E-state index in [0.29, 0.717) is 19.4 Å². The Kier molecular flexibility index (Phi) is 52.5. The molecule has 0 aromatic carbocycles. The number of carbonyl (C=O) groups excluding carboxylic acids is 2. The third-order valence-corrected chi connectivity index (χ3v) is 11.0. The van der Waals surface area contributed by atoms with E-state index in [-0.39, 0.29) is 31.6 Å². The average Bonchev–Trinajstić information content (AvgIpc) is 3.32. The molecular formula is C61H100O5. The van der Waals surface area contributed by atoms with Gasteiger partial charge in [0.05, 0.1) is 6.61 Å². The molecule has 0 aliphatic carbocycles. The van der Waals surface area contributed by atoms with Crippen LogP contribution in [-0.2, 0) is 23.8 Å². The lowest BCUT2D eigenvalue weighted by Crippen LogP contribution is -2.30. The summed E-state index contributed by atoms with van der Waals surface area (Å²) in [7, 11) is 0. The van der Waals surface area contributed by atoms with Crippen molar-refractivity contribution in [1.82, 2.24) is 0 Å². The molecule has 1 atom stereocenters. The molecule has 5 heteroatoms. The van der Waals surface area contributed by atoms with Crippen LogP contribution in [0.5, 0.6) is 0 Å². The van der Waals surface area contributed by atoms with E-state index in [9.17, 15) is 9.59 Å². The van der Waals surface area contributed by atoms with Gasteiger partial charge in [0.25, 0.3) is 0 Å². The molecule has 0 bridgehead atoms. The fourth-order valence-corrected chi connectivity index (χ4v) is 7.01. The Labute approximate surface area is 407 Å². The predicted molar refractivity (Wildman–Crippen MR) is 288 cm³/mol. The van der Waals surface area contributed by atoms with E-state index in [4.69, 9.17) is 14.2 Å². The zero-order chi connectivity index (χ0) is 47.7.